The number of benzene rings is 1. The average Bonchev–Trinajstić information content (AvgIpc) is 3.20. The second kappa shape index (κ2) is 12.7. The summed E-state index contributed by atoms with van der Waals surface area (Å²) in [6, 6.07) is 11.6. The first-order valence-corrected chi connectivity index (χ1v) is 10.8. The lowest BCUT2D eigenvalue weighted by Crippen LogP contribution is -2.44. The fourth-order valence-corrected chi connectivity index (χ4v) is 3.63. The zero-order valence-corrected chi connectivity index (χ0v) is 21.6. The van der Waals surface area contributed by atoms with Crippen LogP contribution in [0.4, 0.5) is 16.3 Å². The number of hydrogen-bond acceptors (Lipinski definition) is 4. The number of carbonyl (C=O) groups excluding carboxylic acids is 1. The van der Waals surface area contributed by atoms with E-state index in [4.69, 9.17) is 11.6 Å². The standard InChI is InChI=1S/C22H30ClN7O.HI/c1-15(2)27-22(31)29-17-8-6-16(7-9-17)13-26-21(24-3)28-18-10-12-30(14-18)20-19(23)5-4-11-25-20;/h4-9,11,15,18H,10,12-14H2,1-3H3,(H2,24,26,28)(H2,27,29,31);1H. The van der Waals surface area contributed by atoms with Crippen LogP contribution in [0.3, 0.4) is 0 Å². The van der Waals surface area contributed by atoms with Crippen molar-refractivity contribution in [2.45, 2.75) is 38.9 Å². The van der Waals surface area contributed by atoms with Gasteiger partial charge < -0.3 is 26.2 Å². The molecule has 4 N–H and O–H groups in total. The van der Waals surface area contributed by atoms with Gasteiger partial charge in [-0.25, -0.2) is 9.78 Å². The number of aliphatic imine (C=N–C) groups is 1. The molecule has 0 radical (unpaired) electrons. The first kappa shape index (κ1) is 26.0. The Morgan fingerprint density at radius 2 is 2.03 bits per heavy atom. The lowest BCUT2D eigenvalue weighted by molar-refractivity contribution is 0.250. The van der Waals surface area contributed by atoms with Gasteiger partial charge in [-0.15, -0.1) is 24.0 Å². The van der Waals surface area contributed by atoms with Gasteiger partial charge in [-0.05, 0) is 50.1 Å². The van der Waals surface area contributed by atoms with Crippen LogP contribution in [0.15, 0.2) is 47.6 Å². The zero-order chi connectivity index (χ0) is 22.2. The van der Waals surface area contributed by atoms with Gasteiger partial charge in [-0.1, -0.05) is 23.7 Å². The molecule has 10 heteroatoms. The Bertz CT molecular complexity index is 907. The van der Waals surface area contributed by atoms with E-state index in [9.17, 15) is 4.79 Å². The summed E-state index contributed by atoms with van der Waals surface area (Å²) in [5.41, 5.74) is 1.84. The lowest BCUT2D eigenvalue weighted by Gasteiger charge is -2.20. The molecule has 1 unspecified atom stereocenters. The number of hydrogen-bond donors (Lipinski definition) is 4. The molecule has 3 rings (SSSR count). The number of aromatic nitrogens is 1. The fourth-order valence-electron chi connectivity index (χ4n) is 3.39. The van der Waals surface area contributed by atoms with Crippen molar-refractivity contribution in [2.24, 2.45) is 4.99 Å². The lowest BCUT2D eigenvalue weighted by atomic mass is 10.2. The van der Waals surface area contributed by atoms with Crippen LogP contribution in [0.25, 0.3) is 0 Å². The second-order valence-corrected chi connectivity index (χ2v) is 8.17. The van der Waals surface area contributed by atoms with Crippen LogP contribution in [0, 0.1) is 0 Å². The highest BCUT2D eigenvalue weighted by Crippen LogP contribution is 2.25. The Morgan fingerprint density at radius 3 is 2.69 bits per heavy atom. The van der Waals surface area contributed by atoms with Crippen LogP contribution < -0.4 is 26.2 Å². The van der Waals surface area contributed by atoms with Gasteiger partial charge in [0.25, 0.3) is 0 Å². The Kier molecular flexibility index (Phi) is 10.3. The monoisotopic (exact) mass is 571 g/mol. The van der Waals surface area contributed by atoms with Crippen molar-refractivity contribution in [3.8, 4) is 0 Å². The highest BCUT2D eigenvalue weighted by molar-refractivity contribution is 14.0. The summed E-state index contributed by atoms with van der Waals surface area (Å²) >= 11 is 6.28. The van der Waals surface area contributed by atoms with E-state index in [1.807, 2.05) is 50.2 Å². The minimum atomic E-state index is -0.205. The number of anilines is 2. The Hall–Kier alpha value is -2.27. The van der Waals surface area contributed by atoms with Gasteiger partial charge in [0.05, 0.1) is 5.02 Å². The summed E-state index contributed by atoms with van der Waals surface area (Å²) in [5, 5.41) is 13.1. The van der Waals surface area contributed by atoms with Crippen LogP contribution in [0.1, 0.15) is 25.8 Å². The van der Waals surface area contributed by atoms with Gasteiger partial charge in [0.1, 0.15) is 5.82 Å². The van der Waals surface area contributed by atoms with Crippen molar-refractivity contribution < 1.29 is 4.79 Å². The van der Waals surface area contributed by atoms with E-state index < -0.39 is 0 Å². The first-order chi connectivity index (χ1) is 14.9. The average molecular weight is 572 g/mol. The predicted octanol–water partition coefficient (Wildman–Crippen LogP) is 3.83. The molecule has 2 aromatic rings. The third-order valence-corrected chi connectivity index (χ3v) is 5.18. The Balaban J connectivity index is 0.00000363. The van der Waals surface area contributed by atoms with Gasteiger partial charge in [0, 0.05) is 50.6 Å². The summed E-state index contributed by atoms with van der Waals surface area (Å²) in [4.78, 5) is 22.7. The van der Waals surface area contributed by atoms with Crippen molar-refractivity contribution in [3.05, 3.63) is 53.2 Å². The molecule has 1 aliphatic rings. The van der Waals surface area contributed by atoms with E-state index in [0.717, 1.165) is 42.5 Å². The van der Waals surface area contributed by atoms with Crippen LogP contribution >= 0.6 is 35.6 Å². The molecule has 1 saturated heterocycles. The fraction of sp³-hybridized carbons (Fsp3) is 0.409. The molecule has 0 saturated carbocycles. The molecule has 2 heterocycles. The summed E-state index contributed by atoms with van der Waals surface area (Å²) in [7, 11) is 1.76. The minimum Gasteiger partial charge on any atom is -0.353 e. The van der Waals surface area contributed by atoms with Crippen molar-refractivity contribution >= 4 is 59.1 Å². The number of halogens is 2. The highest BCUT2D eigenvalue weighted by atomic mass is 127. The minimum absolute atomic E-state index is 0. The summed E-state index contributed by atoms with van der Waals surface area (Å²) in [6.45, 7) is 6.18. The van der Waals surface area contributed by atoms with Crippen molar-refractivity contribution in [1.29, 1.82) is 0 Å². The number of urea groups is 1. The molecule has 32 heavy (non-hydrogen) atoms. The molecule has 0 spiro atoms. The van der Waals surface area contributed by atoms with E-state index in [2.05, 4.69) is 36.1 Å². The van der Waals surface area contributed by atoms with Crippen LogP contribution in [0.5, 0.6) is 0 Å². The van der Waals surface area contributed by atoms with Gasteiger partial charge in [0.2, 0.25) is 0 Å². The summed E-state index contributed by atoms with van der Waals surface area (Å²) in [5.74, 6) is 1.57. The van der Waals surface area contributed by atoms with Crippen LogP contribution in [-0.4, -0.2) is 49.2 Å². The predicted molar refractivity (Wildman–Crippen MR) is 142 cm³/mol. The topological polar surface area (TPSA) is 93.7 Å². The van der Waals surface area contributed by atoms with Crippen molar-refractivity contribution in [3.63, 3.8) is 0 Å². The van der Waals surface area contributed by atoms with Crippen LogP contribution in [-0.2, 0) is 6.54 Å². The first-order valence-electron chi connectivity index (χ1n) is 10.4. The second-order valence-electron chi connectivity index (χ2n) is 7.76. The van der Waals surface area contributed by atoms with Crippen molar-refractivity contribution in [2.75, 3.05) is 30.4 Å². The van der Waals surface area contributed by atoms with Gasteiger partial charge in [-0.2, -0.15) is 0 Å². The Morgan fingerprint density at radius 1 is 1.28 bits per heavy atom. The summed E-state index contributed by atoms with van der Waals surface area (Å²) in [6.07, 6.45) is 2.74. The third kappa shape index (κ3) is 7.70. The molecular weight excluding hydrogens is 541 g/mol. The highest BCUT2D eigenvalue weighted by Gasteiger charge is 2.25. The number of carbonyl (C=O) groups is 1. The van der Waals surface area contributed by atoms with Crippen molar-refractivity contribution in [1.82, 2.24) is 20.9 Å². The maximum Gasteiger partial charge on any atom is 0.319 e. The molecule has 0 bridgehead atoms. The SMILES string of the molecule is CN=C(NCc1ccc(NC(=O)NC(C)C)cc1)NC1CCN(c2ncccc2Cl)C1.I. The van der Waals surface area contributed by atoms with E-state index in [-0.39, 0.29) is 42.1 Å². The van der Waals surface area contributed by atoms with Gasteiger partial charge in [0.15, 0.2) is 5.96 Å². The van der Waals surface area contributed by atoms with E-state index >= 15 is 0 Å². The normalized spacial score (nSPS) is 15.8. The largest absolute Gasteiger partial charge is 0.353 e. The van der Waals surface area contributed by atoms with Crippen LogP contribution in [0.2, 0.25) is 5.02 Å². The number of amides is 2. The smallest absolute Gasteiger partial charge is 0.319 e. The maximum absolute atomic E-state index is 11.8. The van der Waals surface area contributed by atoms with E-state index in [1.54, 1.807) is 13.2 Å². The molecule has 2 amide bonds. The molecule has 1 aromatic carbocycles. The Labute approximate surface area is 211 Å². The molecule has 8 nitrogen and oxygen atoms in total. The number of guanidine groups is 1. The van der Waals surface area contributed by atoms with E-state index in [1.165, 1.54) is 0 Å². The van der Waals surface area contributed by atoms with Gasteiger partial charge >= 0.3 is 6.03 Å². The summed E-state index contributed by atoms with van der Waals surface area (Å²) < 4.78 is 0. The molecule has 1 fully saturated rings. The number of pyridine rings is 1. The molecule has 1 aliphatic heterocycles. The quantitative estimate of drug-likeness (QED) is 0.240. The molecule has 1 atom stereocenters. The number of nitrogens with one attached hydrogen (secondary N) is 4. The number of rotatable bonds is 6. The molecular formula is C22H31ClIN7O. The molecule has 174 valence electrons. The molecule has 0 aliphatic carbocycles. The third-order valence-electron chi connectivity index (χ3n) is 4.88. The molecule has 1 aromatic heterocycles. The maximum atomic E-state index is 11.8. The zero-order valence-electron chi connectivity index (χ0n) is 18.6. The van der Waals surface area contributed by atoms with Gasteiger partial charge in [-0.3, -0.25) is 4.99 Å². The van der Waals surface area contributed by atoms with E-state index in [0.29, 0.717) is 11.6 Å². The number of nitrogens with zero attached hydrogens (tertiary/aromatic N) is 3.